The van der Waals surface area contributed by atoms with Gasteiger partial charge in [0.2, 0.25) is 5.91 Å². The first-order valence-corrected chi connectivity index (χ1v) is 9.51. The van der Waals surface area contributed by atoms with E-state index in [1.165, 1.54) is 12.8 Å². The minimum atomic E-state index is 0.131. The average molecular weight is 349 g/mol. The highest BCUT2D eigenvalue weighted by molar-refractivity contribution is 5.78. The van der Waals surface area contributed by atoms with Gasteiger partial charge in [0.1, 0.15) is 5.76 Å². The van der Waals surface area contributed by atoms with Crippen LogP contribution in [0.15, 0.2) is 22.8 Å². The first-order chi connectivity index (χ1) is 12.3. The van der Waals surface area contributed by atoms with Crippen molar-refractivity contribution in [3.05, 3.63) is 24.2 Å². The molecular formula is C19H31N3O3. The molecule has 0 aromatic carbocycles. The van der Waals surface area contributed by atoms with Crippen LogP contribution < -0.4 is 5.32 Å². The summed E-state index contributed by atoms with van der Waals surface area (Å²) in [7, 11) is 1.66. The summed E-state index contributed by atoms with van der Waals surface area (Å²) >= 11 is 0. The maximum Gasteiger partial charge on any atom is 0.224 e. The van der Waals surface area contributed by atoms with Crippen LogP contribution in [0.25, 0.3) is 0 Å². The predicted molar refractivity (Wildman–Crippen MR) is 96.2 cm³/mol. The van der Waals surface area contributed by atoms with Crippen LogP contribution in [0.1, 0.15) is 31.4 Å². The Morgan fingerprint density at radius 1 is 1.32 bits per heavy atom. The van der Waals surface area contributed by atoms with Crippen LogP contribution in [0.4, 0.5) is 0 Å². The monoisotopic (exact) mass is 349 g/mol. The number of rotatable bonds is 7. The summed E-state index contributed by atoms with van der Waals surface area (Å²) in [5.41, 5.74) is 0. The quantitative estimate of drug-likeness (QED) is 0.760. The summed E-state index contributed by atoms with van der Waals surface area (Å²) in [4.78, 5) is 17.3. The third-order valence-electron chi connectivity index (χ3n) is 5.46. The number of carbonyl (C=O) groups is 1. The van der Waals surface area contributed by atoms with E-state index in [1.807, 2.05) is 12.1 Å². The van der Waals surface area contributed by atoms with Crippen molar-refractivity contribution in [1.29, 1.82) is 0 Å². The highest BCUT2D eigenvalue weighted by Crippen LogP contribution is 2.24. The molecule has 6 nitrogen and oxygen atoms in total. The molecule has 1 aromatic rings. The van der Waals surface area contributed by atoms with Crippen LogP contribution in [0.3, 0.4) is 0 Å². The third kappa shape index (κ3) is 5.30. The highest BCUT2D eigenvalue weighted by Gasteiger charge is 2.31. The molecule has 2 aliphatic heterocycles. The molecule has 140 valence electrons. The lowest BCUT2D eigenvalue weighted by Crippen LogP contribution is -2.50. The normalized spacial score (nSPS) is 23.6. The lowest BCUT2D eigenvalue weighted by atomic mass is 9.93. The molecule has 1 atom stereocenters. The number of nitrogens with one attached hydrogen (secondary N) is 1. The Morgan fingerprint density at radius 2 is 2.16 bits per heavy atom. The summed E-state index contributed by atoms with van der Waals surface area (Å²) in [5, 5.41) is 3.00. The molecule has 2 aliphatic rings. The molecule has 1 N–H and O–H groups in total. The summed E-state index contributed by atoms with van der Waals surface area (Å²) in [6, 6.07) is 4.61. The van der Waals surface area contributed by atoms with Crippen molar-refractivity contribution >= 4 is 5.91 Å². The molecule has 0 spiro atoms. The van der Waals surface area contributed by atoms with Gasteiger partial charge in [-0.3, -0.25) is 14.6 Å². The van der Waals surface area contributed by atoms with Crippen molar-refractivity contribution in [2.45, 2.75) is 38.3 Å². The van der Waals surface area contributed by atoms with E-state index in [2.05, 4.69) is 15.1 Å². The van der Waals surface area contributed by atoms with Gasteiger partial charge in [0, 0.05) is 39.3 Å². The Kier molecular flexibility index (Phi) is 6.90. The zero-order valence-electron chi connectivity index (χ0n) is 15.3. The van der Waals surface area contributed by atoms with Gasteiger partial charge < -0.3 is 14.5 Å². The van der Waals surface area contributed by atoms with Crippen molar-refractivity contribution in [3.63, 3.8) is 0 Å². The maximum atomic E-state index is 12.3. The zero-order chi connectivity index (χ0) is 17.5. The number of ether oxygens (including phenoxy) is 1. The summed E-state index contributed by atoms with van der Waals surface area (Å²) in [6.45, 7) is 6.34. The molecule has 25 heavy (non-hydrogen) atoms. The minimum Gasteiger partial charge on any atom is -0.468 e. The van der Waals surface area contributed by atoms with Crippen LogP contribution in [0, 0.1) is 5.92 Å². The van der Waals surface area contributed by atoms with Gasteiger partial charge in [-0.2, -0.15) is 0 Å². The smallest absolute Gasteiger partial charge is 0.224 e. The number of amides is 1. The second-order valence-electron chi connectivity index (χ2n) is 7.20. The lowest BCUT2D eigenvalue weighted by molar-refractivity contribution is -0.127. The summed E-state index contributed by atoms with van der Waals surface area (Å²) in [6.07, 6.45) is 6.23. The van der Waals surface area contributed by atoms with E-state index in [-0.39, 0.29) is 11.8 Å². The van der Waals surface area contributed by atoms with E-state index >= 15 is 0 Å². The van der Waals surface area contributed by atoms with Gasteiger partial charge in [0.15, 0.2) is 0 Å². The fraction of sp³-hybridized carbons (Fsp3) is 0.737. The summed E-state index contributed by atoms with van der Waals surface area (Å²) in [5.74, 6) is 1.37. The molecule has 2 fully saturated rings. The molecule has 0 unspecified atom stereocenters. The Labute approximate surface area is 150 Å². The highest BCUT2D eigenvalue weighted by atomic mass is 16.5. The van der Waals surface area contributed by atoms with Crippen LogP contribution >= 0.6 is 0 Å². The number of carbonyl (C=O) groups excluding carboxylic acids is 1. The molecule has 3 rings (SSSR count). The van der Waals surface area contributed by atoms with E-state index in [9.17, 15) is 4.79 Å². The molecule has 0 saturated carbocycles. The van der Waals surface area contributed by atoms with Gasteiger partial charge in [0.25, 0.3) is 0 Å². The third-order valence-corrected chi connectivity index (χ3v) is 5.46. The molecule has 0 aliphatic carbocycles. The van der Waals surface area contributed by atoms with Gasteiger partial charge in [-0.05, 0) is 44.4 Å². The molecular weight excluding hydrogens is 318 g/mol. The minimum absolute atomic E-state index is 0.131. The molecule has 2 saturated heterocycles. The largest absolute Gasteiger partial charge is 0.468 e. The SMILES string of the molecule is COCCNC(=O)[C@H]1CCCN(C2CCN(Cc3ccco3)CC2)C1. The second-order valence-corrected chi connectivity index (χ2v) is 7.20. The Morgan fingerprint density at radius 3 is 2.88 bits per heavy atom. The number of likely N-dealkylation sites (tertiary alicyclic amines) is 2. The van der Waals surface area contributed by atoms with Crippen molar-refractivity contribution < 1.29 is 13.9 Å². The van der Waals surface area contributed by atoms with Gasteiger partial charge in [0.05, 0.1) is 25.3 Å². The number of hydrogen-bond donors (Lipinski definition) is 1. The van der Waals surface area contributed by atoms with E-state index in [1.54, 1.807) is 13.4 Å². The van der Waals surface area contributed by atoms with Gasteiger partial charge in [-0.1, -0.05) is 0 Å². The fourth-order valence-corrected chi connectivity index (χ4v) is 4.04. The van der Waals surface area contributed by atoms with Gasteiger partial charge >= 0.3 is 0 Å². The van der Waals surface area contributed by atoms with Crippen LogP contribution in [0.2, 0.25) is 0 Å². The molecule has 0 bridgehead atoms. The average Bonchev–Trinajstić information content (AvgIpc) is 3.16. The number of hydrogen-bond acceptors (Lipinski definition) is 5. The van der Waals surface area contributed by atoms with Crippen molar-refractivity contribution in [2.75, 3.05) is 46.4 Å². The summed E-state index contributed by atoms with van der Waals surface area (Å²) < 4.78 is 10.5. The fourth-order valence-electron chi connectivity index (χ4n) is 4.04. The first kappa shape index (κ1) is 18.4. The van der Waals surface area contributed by atoms with Crippen LogP contribution in [-0.2, 0) is 16.1 Å². The van der Waals surface area contributed by atoms with Crippen molar-refractivity contribution in [3.8, 4) is 0 Å². The molecule has 6 heteroatoms. The van der Waals surface area contributed by atoms with Crippen molar-refractivity contribution in [2.24, 2.45) is 5.92 Å². The van der Waals surface area contributed by atoms with Crippen LogP contribution in [0.5, 0.6) is 0 Å². The molecule has 1 aromatic heterocycles. The topological polar surface area (TPSA) is 58.0 Å². The van der Waals surface area contributed by atoms with Crippen LogP contribution in [-0.4, -0.2) is 68.2 Å². The first-order valence-electron chi connectivity index (χ1n) is 9.51. The second kappa shape index (κ2) is 9.36. The van der Waals surface area contributed by atoms with Crippen molar-refractivity contribution in [1.82, 2.24) is 15.1 Å². The standard InChI is InChI=1S/C19H31N3O3/c1-24-13-8-20-19(23)16-4-2-9-22(14-16)17-6-10-21(11-7-17)15-18-5-3-12-25-18/h3,5,12,16-17H,2,4,6-11,13-15H2,1H3,(H,20,23)/t16-/m0/s1. The molecule has 0 radical (unpaired) electrons. The Balaban J connectivity index is 1.42. The zero-order valence-corrected chi connectivity index (χ0v) is 15.3. The molecule has 1 amide bonds. The predicted octanol–water partition coefficient (Wildman–Crippen LogP) is 1.72. The van der Waals surface area contributed by atoms with E-state index < -0.39 is 0 Å². The Hall–Kier alpha value is -1.37. The number of furan rings is 1. The van der Waals surface area contributed by atoms with E-state index in [0.29, 0.717) is 19.2 Å². The number of methoxy groups -OCH3 is 1. The van der Waals surface area contributed by atoms with Gasteiger partial charge in [-0.25, -0.2) is 0 Å². The molecule has 3 heterocycles. The van der Waals surface area contributed by atoms with Gasteiger partial charge in [-0.15, -0.1) is 0 Å². The number of piperidine rings is 2. The maximum absolute atomic E-state index is 12.3. The number of nitrogens with zero attached hydrogens (tertiary/aromatic N) is 2. The van der Waals surface area contributed by atoms with E-state index in [4.69, 9.17) is 9.15 Å². The lowest BCUT2D eigenvalue weighted by Gasteiger charge is -2.41. The Bertz CT molecular complexity index is 512. The van der Waals surface area contributed by atoms with E-state index in [0.717, 1.165) is 51.3 Å².